The van der Waals surface area contributed by atoms with Crippen molar-refractivity contribution < 1.29 is 14.6 Å². The van der Waals surface area contributed by atoms with Crippen LogP contribution in [0.2, 0.25) is 5.02 Å². The van der Waals surface area contributed by atoms with Gasteiger partial charge in [0.15, 0.2) is 0 Å². The Bertz CT molecular complexity index is 395. The first-order valence-corrected chi connectivity index (χ1v) is 5.75. The second kappa shape index (κ2) is 6.47. The van der Waals surface area contributed by atoms with Crippen LogP contribution in [0.1, 0.15) is 18.9 Å². The molecule has 0 aliphatic rings. The SMILES string of the molecule is CCC(NCc1c(Cl)cccc1OC)C(=O)O. The normalized spacial score (nSPS) is 12.2. The second-order valence-corrected chi connectivity index (χ2v) is 4.01. The molecular weight excluding hydrogens is 242 g/mol. The first-order valence-electron chi connectivity index (χ1n) is 5.37. The third-order valence-corrected chi connectivity index (χ3v) is 2.88. The minimum Gasteiger partial charge on any atom is -0.496 e. The molecule has 1 aromatic carbocycles. The molecule has 0 fully saturated rings. The van der Waals surface area contributed by atoms with E-state index in [4.69, 9.17) is 21.4 Å². The average Bonchev–Trinajstić information content (AvgIpc) is 2.31. The zero-order chi connectivity index (χ0) is 12.8. The van der Waals surface area contributed by atoms with Gasteiger partial charge in [0.25, 0.3) is 0 Å². The van der Waals surface area contributed by atoms with Gasteiger partial charge in [-0.25, -0.2) is 0 Å². The van der Waals surface area contributed by atoms with Crippen molar-refractivity contribution in [1.82, 2.24) is 5.32 Å². The second-order valence-electron chi connectivity index (χ2n) is 3.60. The Kier molecular flexibility index (Phi) is 5.25. The Morgan fingerprint density at radius 1 is 1.59 bits per heavy atom. The molecule has 0 saturated heterocycles. The highest BCUT2D eigenvalue weighted by molar-refractivity contribution is 6.31. The van der Waals surface area contributed by atoms with Gasteiger partial charge in [-0.1, -0.05) is 24.6 Å². The summed E-state index contributed by atoms with van der Waals surface area (Å²) in [5.41, 5.74) is 0.774. The van der Waals surface area contributed by atoms with Gasteiger partial charge < -0.3 is 15.2 Å². The Morgan fingerprint density at radius 3 is 2.82 bits per heavy atom. The van der Waals surface area contributed by atoms with Crippen LogP contribution in [0, 0.1) is 0 Å². The fourth-order valence-corrected chi connectivity index (χ4v) is 1.77. The number of carbonyl (C=O) groups is 1. The van der Waals surface area contributed by atoms with Crippen LogP contribution in [0.5, 0.6) is 5.75 Å². The highest BCUT2D eigenvalue weighted by atomic mass is 35.5. The van der Waals surface area contributed by atoms with Crippen LogP contribution in [0.25, 0.3) is 0 Å². The maximum Gasteiger partial charge on any atom is 0.320 e. The van der Waals surface area contributed by atoms with Crippen molar-refractivity contribution in [2.75, 3.05) is 7.11 Å². The molecule has 94 valence electrons. The van der Waals surface area contributed by atoms with E-state index in [0.717, 1.165) is 5.56 Å². The van der Waals surface area contributed by atoms with Gasteiger partial charge >= 0.3 is 5.97 Å². The van der Waals surface area contributed by atoms with E-state index in [0.29, 0.717) is 23.7 Å². The molecular formula is C12H16ClNO3. The van der Waals surface area contributed by atoms with Gasteiger partial charge in [0.05, 0.1) is 7.11 Å². The zero-order valence-corrected chi connectivity index (χ0v) is 10.6. The lowest BCUT2D eigenvalue weighted by Crippen LogP contribution is -2.35. The van der Waals surface area contributed by atoms with Crippen molar-refractivity contribution >= 4 is 17.6 Å². The van der Waals surface area contributed by atoms with E-state index in [9.17, 15) is 4.79 Å². The molecule has 0 bridgehead atoms. The van der Waals surface area contributed by atoms with Crippen molar-refractivity contribution in [2.45, 2.75) is 25.9 Å². The van der Waals surface area contributed by atoms with Crippen LogP contribution >= 0.6 is 11.6 Å². The highest BCUT2D eigenvalue weighted by Crippen LogP contribution is 2.26. The minimum atomic E-state index is -0.862. The molecule has 1 atom stereocenters. The third kappa shape index (κ3) is 3.61. The van der Waals surface area contributed by atoms with E-state index in [1.165, 1.54) is 0 Å². The summed E-state index contributed by atoms with van der Waals surface area (Å²) in [5.74, 6) is -0.205. The lowest BCUT2D eigenvalue weighted by molar-refractivity contribution is -0.139. The van der Waals surface area contributed by atoms with Crippen molar-refractivity contribution in [3.05, 3.63) is 28.8 Å². The summed E-state index contributed by atoms with van der Waals surface area (Å²) in [6, 6.07) is 4.77. The largest absolute Gasteiger partial charge is 0.496 e. The number of carboxylic acids is 1. The molecule has 0 saturated carbocycles. The number of halogens is 1. The summed E-state index contributed by atoms with van der Waals surface area (Å²) in [6.45, 7) is 2.18. The van der Waals surface area contributed by atoms with Gasteiger partial charge in [-0.3, -0.25) is 4.79 Å². The smallest absolute Gasteiger partial charge is 0.320 e. The molecule has 0 aliphatic carbocycles. The number of methoxy groups -OCH3 is 1. The number of rotatable bonds is 6. The lowest BCUT2D eigenvalue weighted by atomic mass is 10.1. The van der Waals surface area contributed by atoms with Crippen molar-refractivity contribution in [2.24, 2.45) is 0 Å². The van der Waals surface area contributed by atoms with Crippen LogP contribution in [0.4, 0.5) is 0 Å². The van der Waals surface area contributed by atoms with Gasteiger partial charge in [-0.15, -0.1) is 0 Å². The van der Waals surface area contributed by atoms with Gasteiger partial charge in [-0.05, 0) is 18.6 Å². The van der Waals surface area contributed by atoms with Crippen LogP contribution in [-0.4, -0.2) is 24.2 Å². The Balaban J connectivity index is 2.77. The Morgan fingerprint density at radius 2 is 2.29 bits per heavy atom. The first kappa shape index (κ1) is 13.8. The van der Waals surface area contributed by atoms with Gasteiger partial charge in [0.2, 0.25) is 0 Å². The third-order valence-electron chi connectivity index (χ3n) is 2.53. The standard InChI is InChI=1S/C12H16ClNO3/c1-3-10(12(15)16)14-7-8-9(13)5-4-6-11(8)17-2/h4-6,10,14H,3,7H2,1-2H3,(H,15,16). The topological polar surface area (TPSA) is 58.6 Å². The summed E-state index contributed by atoms with van der Waals surface area (Å²) in [4.78, 5) is 10.9. The first-order chi connectivity index (χ1) is 8.10. The van der Waals surface area contributed by atoms with Crippen LogP contribution < -0.4 is 10.1 Å². The van der Waals surface area contributed by atoms with Gasteiger partial charge in [0, 0.05) is 17.1 Å². The molecule has 0 aromatic heterocycles. The highest BCUT2D eigenvalue weighted by Gasteiger charge is 2.15. The number of nitrogens with one attached hydrogen (secondary N) is 1. The minimum absolute atomic E-state index is 0.369. The average molecular weight is 258 g/mol. The van der Waals surface area contributed by atoms with Crippen LogP contribution in [-0.2, 0) is 11.3 Å². The van der Waals surface area contributed by atoms with Crippen molar-refractivity contribution in [3.63, 3.8) is 0 Å². The van der Waals surface area contributed by atoms with E-state index in [1.54, 1.807) is 25.3 Å². The zero-order valence-electron chi connectivity index (χ0n) is 9.87. The summed E-state index contributed by atoms with van der Waals surface area (Å²) in [6.07, 6.45) is 0.516. The lowest BCUT2D eigenvalue weighted by Gasteiger charge is -2.15. The Labute approximate surface area is 106 Å². The molecule has 0 radical (unpaired) electrons. The molecule has 17 heavy (non-hydrogen) atoms. The predicted molar refractivity (Wildman–Crippen MR) is 66.6 cm³/mol. The maximum absolute atomic E-state index is 10.9. The van der Waals surface area contributed by atoms with E-state index in [2.05, 4.69) is 5.32 Å². The number of aliphatic carboxylic acids is 1. The summed E-state index contributed by atoms with van der Waals surface area (Å²) in [5, 5.41) is 12.4. The maximum atomic E-state index is 10.9. The molecule has 2 N–H and O–H groups in total. The monoisotopic (exact) mass is 257 g/mol. The van der Waals surface area contributed by atoms with Crippen molar-refractivity contribution in [1.29, 1.82) is 0 Å². The summed E-state index contributed by atoms with van der Waals surface area (Å²) >= 11 is 6.05. The van der Waals surface area contributed by atoms with Crippen LogP contribution in [0.15, 0.2) is 18.2 Å². The number of hydrogen-bond donors (Lipinski definition) is 2. The van der Waals surface area contributed by atoms with Crippen molar-refractivity contribution in [3.8, 4) is 5.75 Å². The molecule has 0 aliphatic heterocycles. The number of ether oxygens (including phenoxy) is 1. The van der Waals surface area contributed by atoms with E-state index in [-0.39, 0.29) is 0 Å². The summed E-state index contributed by atoms with van der Waals surface area (Å²) < 4.78 is 5.18. The fraction of sp³-hybridized carbons (Fsp3) is 0.417. The molecule has 1 aromatic rings. The molecule has 4 nitrogen and oxygen atoms in total. The quantitative estimate of drug-likeness (QED) is 0.821. The molecule has 0 spiro atoms. The van der Waals surface area contributed by atoms with Gasteiger partial charge in [0.1, 0.15) is 11.8 Å². The predicted octanol–water partition coefficient (Wildman–Crippen LogP) is 2.30. The molecule has 1 unspecified atom stereocenters. The van der Waals surface area contributed by atoms with E-state index in [1.807, 2.05) is 6.92 Å². The molecule has 0 amide bonds. The van der Waals surface area contributed by atoms with Crippen LogP contribution in [0.3, 0.4) is 0 Å². The number of benzene rings is 1. The number of hydrogen-bond acceptors (Lipinski definition) is 3. The Hall–Kier alpha value is -1.26. The fourth-order valence-electron chi connectivity index (χ4n) is 1.53. The number of carboxylic acid groups (broad SMARTS) is 1. The van der Waals surface area contributed by atoms with E-state index >= 15 is 0 Å². The summed E-state index contributed by atoms with van der Waals surface area (Å²) in [7, 11) is 1.56. The van der Waals surface area contributed by atoms with E-state index < -0.39 is 12.0 Å². The molecule has 5 heteroatoms. The molecule has 0 heterocycles. The van der Waals surface area contributed by atoms with Gasteiger partial charge in [-0.2, -0.15) is 0 Å². The molecule has 1 rings (SSSR count).